The molecule has 0 aromatic heterocycles. The zero-order valence-corrected chi connectivity index (χ0v) is 28.2. The molecular formula is C36H51N3O8. The molecule has 1 aromatic carbocycles. The van der Waals surface area contributed by atoms with Gasteiger partial charge in [-0.15, -0.1) is 13.2 Å². The highest BCUT2D eigenvalue weighted by molar-refractivity contribution is 5.98. The van der Waals surface area contributed by atoms with Crippen molar-refractivity contribution in [1.29, 1.82) is 0 Å². The fourth-order valence-electron chi connectivity index (χ4n) is 7.43. The monoisotopic (exact) mass is 653 g/mol. The van der Waals surface area contributed by atoms with E-state index in [0.29, 0.717) is 37.7 Å². The molecule has 4 rings (SSSR count). The lowest BCUT2D eigenvalue weighted by atomic mass is 9.70. The van der Waals surface area contributed by atoms with E-state index in [4.69, 9.17) is 14.2 Å². The van der Waals surface area contributed by atoms with Crippen LogP contribution in [0.4, 0.5) is 0 Å². The van der Waals surface area contributed by atoms with Crippen molar-refractivity contribution in [3.8, 4) is 0 Å². The molecule has 7 atom stereocenters. The summed E-state index contributed by atoms with van der Waals surface area (Å²) in [5.74, 6) is -3.28. The van der Waals surface area contributed by atoms with Gasteiger partial charge in [-0.2, -0.15) is 0 Å². The van der Waals surface area contributed by atoms with Crippen LogP contribution in [-0.4, -0.2) is 101 Å². The molecule has 11 heteroatoms. The van der Waals surface area contributed by atoms with E-state index in [2.05, 4.69) is 18.5 Å². The third-order valence-electron chi connectivity index (χ3n) is 9.51. The number of rotatable bonds is 17. The number of fused-ring (bicyclic) bond motifs is 1. The molecule has 2 bridgehead atoms. The Morgan fingerprint density at radius 2 is 1.91 bits per heavy atom. The molecule has 47 heavy (non-hydrogen) atoms. The van der Waals surface area contributed by atoms with Gasteiger partial charge in [0.15, 0.2) is 0 Å². The van der Waals surface area contributed by atoms with Crippen molar-refractivity contribution in [2.24, 2.45) is 11.8 Å². The summed E-state index contributed by atoms with van der Waals surface area (Å²) in [6.07, 6.45) is 4.41. The zero-order valence-electron chi connectivity index (χ0n) is 28.2. The predicted octanol–water partition coefficient (Wildman–Crippen LogP) is 3.33. The lowest BCUT2D eigenvalue weighted by Gasteiger charge is -2.42. The first-order valence-electron chi connectivity index (χ1n) is 16.6. The molecule has 258 valence electrons. The highest BCUT2D eigenvalue weighted by Crippen LogP contribution is 2.59. The largest absolute Gasteiger partial charge is 0.455 e. The molecule has 1 spiro atoms. The molecule has 11 nitrogen and oxygen atoms in total. The van der Waals surface area contributed by atoms with Crippen LogP contribution in [0.2, 0.25) is 0 Å². The Kier molecular flexibility index (Phi) is 12.0. The van der Waals surface area contributed by atoms with Crippen LogP contribution in [0.15, 0.2) is 55.6 Å². The third-order valence-corrected chi connectivity index (χ3v) is 9.51. The molecule has 0 saturated carbocycles. The normalized spacial score (nSPS) is 26.0. The zero-order chi connectivity index (χ0) is 34.4. The number of amides is 3. The number of nitrogens with one attached hydrogen (secondary N) is 1. The second-order valence-corrected chi connectivity index (χ2v) is 13.7. The van der Waals surface area contributed by atoms with Gasteiger partial charge in [0.1, 0.15) is 17.7 Å². The van der Waals surface area contributed by atoms with E-state index in [0.717, 1.165) is 0 Å². The minimum absolute atomic E-state index is 0.0407. The predicted molar refractivity (Wildman–Crippen MR) is 176 cm³/mol. The van der Waals surface area contributed by atoms with Gasteiger partial charge >= 0.3 is 5.97 Å². The molecule has 3 aliphatic rings. The van der Waals surface area contributed by atoms with Gasteiger partial charge in [0.05, 0.1) is 30.6 Å². The van der Waals surface area contributed by atoms with E-state index in [-0.39, 0.29) is 50.4 Å². The van der Waals surface area contributed by atoms with Crippen LogP contribution >= 0.6 is 0 Å². The Bertz CT molecular complexity index is 1300. The Hall–Kier alpha value is -3.54. The van der Waals surface area contributed by atoms with E-state index in [9.17, 15) is 24.3 Å². The summed E-state index contributed by atoms with van der Waals surface area (Å²) in [5.41, 5.74) is -1.10. The number of esters is 1. The lowest BCUT2D eigenvalue weighted by molar-refractivity contribution is -0.163. The molecule has 0 radical (unpaired) electrons. The summed E-state index contributed by atoms with van der Waals surface area (Å²) in [6.45, 7) is 13.9. The molecule has 2 N–H and O–H groups in total. The average Bonchev–Trinajstić information content (AvgIpc) is 3.68. The number of hydrogen-bond acceptors (Lipinski definition) is 8. The maximum Gasteiger partial charge on any atom is 0.313 e. The average molecular weight is 654 g/mol. The first-order valence-corrected chi connectivity index (χ1v) is 16.6. The van der Waals surface area contributed by atoms with Gasteiger partial charge in [-0.05, 0) is 58.4 Å². The number of unbranched alkanes of at least 4 members (excludes halogenated alkanes) is 1. The molecule has 3 saturated heterocycles. The minimum Gasteiger partial charge on any atom is -0.455 e. The van der Waals surface area contributed by atoms with Gasteiger partial charge in [0.2, 0.25) is 17.7 Å². The quantitative estimate of drug-likeness (QED) is 0.149. The Labute approximate surface area is 278 Å². The van der Waals surface area contributed by atoms with Gasteiger partial charge in [-0.3, -0.25) is 19.2 Å². The standard InChI is InChI=1S/C36H51N3O8/c1-7-9-17-27(41)37-25(23-45-6)30(24-15-11-10-12-16-24)46-34(44)28-26-18-19-36(47-26)29(28)32(42)38(21-13-14-22-40)31(36)33(43)39(20-8-2)35(3,4)5/h7-8,10-12,15-16,25-26,28-31,40H,1-2,9,13-14,17-23H2,3-6H3,(H,37,41)/t25-,26+,28-,29-,30-,31+,36-/m0/s1. The molecule has 3 heterocycles. The highest BCUT2D eigenvalue weighted by atomic mass is 16.6. The molecule has 0 aliphatic carbocycles. The number of aliphatic hydroxyl groups is 1. The fourth-order valence-corrected chi connectivity index (χ4v) is 7.43. The Morgan fingerprint density at radius 3 is 2.53 bits per heavy atom. The first kappa shape index (κ1) is 36.3. The van der Waals surface area contributed by atoms with Gasteiger partial charge in [0, 0.05) is 38.8 Å². The Morgan fingerprint density at radius 1 is 1.19 bits per heavy atom. The van der Waals surface area contributed by atoms with Crippen LogP contribution in [0.25, 0.3) is 0 Å². The third kappa shape index (κ3) is 7.47. The van der Waals surface area contributed by atoms with E-state index < -0.39 is 53.2 Å². The number of hydrogen-bond donors (Lipinski definition) is 2. The number of carbonyl (C=O) groups excluding carboxylic acids is 4. The lowest BCUT2D eigenvalue weighted by Crippen LogP contribution is -2.60. The number of ether oxygens (including phenoxy) is 3. The number of aliphatic hydroxyl groups excluding tert-OH is 1. The van der Waals surface area contributed by atoms with Crippen molar-refractivity contribution < 1.29 is 38.5 Å². The SMILES string of the molecule is C=CCCC(=O)N[C@@H](COC)[C@@H](OC(=O)[C@@H]1[C@H]2C(=O)N(CCCCO)[C@H](C(=O)N(CC=C)C(C)(C)C)[C@]23CC[C@H]1O3)c1ccccc1. The summed E-state index contributed by atoms with van der Waals surface area (Å²) in [7, 11) is 1.51. The maximum absolute atomic E-state index is 14.5. The summed E-state index contributed by atoms with van der Waals surface area (Å²) >= 11 is 0. The van der Waals surface area contributed by atoms with Crippen LogP contribution in [0.3, 0.4) is 0 Å². The smallest absolute Gasteiger partial charge is 0.313 e. The Balaban J connectivity index is 1.69. The number of allylic oxidation sites excluding steroid dienone is 1. The molecule has 3 amide bonds. The number of carbonyl (C=O) groups is 4. The second-order valence-electron chi connectivity index (χ2n) is 13.7. The molecule has 3 fully saturated rings. The van der Waals surface area contributed by atoms with Gasteiger partial charge in [-0.1, -0.05) is 42.5 Å². The number of likely N-dealkylation sites (tertiary alicyclic amines) is 1. The topological polar surface area (TPSA) is 135 Å². The summed E-state index contributed by atoms with van der Waals surface area (Å²) in [6, 6.07) is 7.47. The van der Waals surface area contributed by atoms with Crippen LogP contribution in [0.1, 0.15) is 71.0 Å². The van der Waals surface area contributed by atoms with Crippen LogP contribution < -0.4 is 5.32 Å². The van der Waals surface area contributed by atoms with E-state index in [1.807, 2.05) is 51.1 Å². The van der Waals surface area contributed by atoms with Crippen LogP contribution in [-0.2, 0) is 33.4 Å². The van der Waals surface area contributed by atoms with Gasteiger partial charge in [-0.25, -0.2) is 0 Å². The van der Waals surface area contributed by atoms with Gasteiger partial charge < -0.3 is 34.4 Å². The van der Waals surface area contributed by atoms with Crippen molar-refractivity contribution >= 4 is 23.7 Å². The fraction of sp³-hybridized carbons (Fsp3) is 0.611. The number of nitrogens with zero attached hydrogens (tertiary/aromatic N) is 2. The van der Waals surface area contributed by atoms with E-state index >= 15 is 0 Å². The number of benzene rings is 1. The summed E-state index contributed by atoms with van der Waals surface area (Å²) in [5, 5.41) is 12.4. The van der Waals surface area contributed by atoms with Crippen molar-refractivity contribution in [3.05, 3.63) is 61.2 Å². The van der Waals surface area contributed by atoms with Crippen molar-refractivity contribution in [2.75, 3.05) is 33.4 Å². The number of methoxy groups -OCH3 is 1. The summed E-state index contributed by atoms with van der Waals surface area (Å²) < 4.78 is 18.3. The first-order chi connectivity index (χ1) is 22.4. The maximum atomic E-state index is 14.5. The van der Waals surface area contributed by atoms with E-state index in [1.165, 1.54) is 7.11 Å². The van der Waals surface area contributed by atoms with Crippen LogP contribution in [0, 0.1) is 11.8 Å². The van der Waals surface area contributed by atoms with Crippen molar-refractivity contribution in [2.45, 2.75) is 94.7 Å². The van der Waals surface area contributed by atoms with Crippen LogP contribution in [0.5, 0.6) is 0 Å². The van der Waals surface area contributed by atoms with Gasteiger partial charge in [0.25, 0.3) is 0 Å². The van der Waals surface area contributed by atoms with Crippen molar-refractivity contribution in [1.82, 2.24) is 15.1 Å². The molecule has 0 unspecified atom stereocenters. The molecule has 3 aliphatic heterocycles. The molecular weight excluding hydrogens is 602 g/mol. The van der Waals surface area contributed by atoms with E-state index in [1.54, 1.807) is 22.0 Å². The second kappa shape index (κ2) is 15.6. The van der Waals surface area contributed by atoms with Crippen molar-refractivity contribution in [3.63, 3.8) is 0 Å². The summed E-state index contributed by atoms with van der Waals surface area (Å²) in [4.78, 5) is 59.2. The minimum atomic E-state index is -1.19. The molecule has 1 aromatic rings. The highest BCUT2D eigenvalue weighted by Gasteiger charge is 2.75.